The van der Waals surface area contributed by atoms with Crippen LogP contribution in [0.15, 0.2) is 24.3 Å². The normalized spacial score (nSPS) is 12.9. The van der Waals surface area contributed by atoms with Crippen molar-refractivity contribution in [3.8, 4) is 5.75 Å². The molecule has 1 rings (SSSR count). The molecule has 36 heavy (non-hydrogen) atoms. The summed E-state index contributed by atoms with van der Waals surface area (Å²) in [6, 6.07) is 4.94. The molecule has 1 aromatic rings. The molecule has 2 unspecified atom stereocenters. The quantitative estimate of drug-likeness (QED) is 0.137. The Morgan fingerprint density at radius 2 is 1.44 bits per heavy atom. The van der Waals surface area contributed by atoms with E-state index in [1.807, 2.05) is 13.8 Å². The molecule has 0 aliphatic heterocycles. The summed E-state index contributed by atoms with van der Waals surface area (Å²) in [5.74, 6) is -3.08. The SMILES string of the molecule is CC(=O)Oc1ccc(C(OC(C)=O)C(=O)OCC(C)OC(=O)[C@@H](NC(=O)[CH-]C(C)C)C(C)C)cc1.[Ni]. The Morgan fingerprint density at radius 3 is 1.92 bits per heavy atom. The van der Waals surface area contributed by atoms with Gasteiger partial charge in [-0.3, -0.25) is 9.59 Å². The fourth-order valence-corrected chi connectivity index (χ4v) is 2.88. The summed E-state index contributed by atoms with van der Waals surface area (Å²) in [4.78, 5) is 59.8. The minimum Gasteiger partial charge on any atom is -0.459 e. The van der Waals surface area contributed by atoms with E-state index in [2.05, 4.69) is 5.32 Å². The third-order valence-electron chi connectivity index (χ3n) is 4.42. The van der Waals surface area contributed by atoms with Gasteiger partial charge in [0.2, 0.25) is 6.10 Å². The van der Waals surface area contributed by atoms with Crippen LogP contribution in [-0.4, -0.2) is 48.5 Å². The molecular weight excluding hydrogens is 517 g/mol. The maximum absolute atomic E-state index is 12.6. The first-order chi connectivity index (χ1) is 16.3. The second-order valence-corrected chi connectivity index (χ2v) is 8.67. The van der Waals surface area contributed by atoms with Gasteiger partial charge in [0.25, 0.3) is 0 Å². The van der Waals surface area contributed by atoms with Gasteiger partial charge in [0.1, 0.15) is 24.5 Å². The minimum atomic E-state index is -1.36. The van der Waals surface area contributed by atoms with E-state index < -0.39 is 42.1 Å². The van der Waals surface area contributed by atoms with E-state index in [-0.39, 0.29) is 46.6 Å². The maximum Gasteiger partial charge on any atom is 0.352 e. The van der Waals surface area contributed by atoms with E-state index in [0.29, 0.717) is 5.56 Å². The summed E-state index contributed by atoms with van der Waals surface area (Å²) in [7, 11) is 0. The molecule has 0 aliphatic carbocycles. The molecule has 0 bridgehead atoms. The molecule has 11 heteroatoms. The van der Waals surface area contributed by atoms with Gasteiger partial charge in [-0.1, -0.05) is 39.8 Å². The number of rotatable bonds is 12. The molecule has 1 N–H and O–H groups in total. The van der Waals surface area contributed by atoms with Gasteiger partial charge >= 0.3 is 23.9 Å². The third kappa shape index (κ3) is 12.1. The monoisotopic (exact) mass is 550 g/mol. The molecule has 0 radical (unpaired) electrons. The van der Waals surface area contributed by atoms with Gasteiger partial charge < -0.3 is 35.5 Å². The first-order valence-electron chi connectivity index (χ1n) is 11.3. The van der Waals surface area contributed by atoms with Crippen LogP contribution in [0.1, 0.15) is 60.1 Å². The van der Waals surface area contributed by atoms with Crippen molar-refractivity contribution in [2.45, 2.75) is 66.7 Å². The van der Waals surface area contributed by atoms with Crippen LogP contribution in [-0.2, 0) is 54.7 Å². The first kappa shape index (κ1) is 32.9. The number of hydrogen-bond acceptors (Lipinski definition) is 9. The molecule has 1 aromatic carbocycles. The molecule has 10 nitrogen and oxygen atoms in total. The van der Waals surface area contributed by atoms with Crippen molar-refractivity contribution >= 4 is 29.8 Å². The van der Waals surface area contributed by atoms with Crippen LogP contribution >= 0.6 is 0 Å². The van der Waals surface area contributed by atoms with Crippen molar-refractivity contribution in [2.24, 2.45) is 11.8 Å². The fourth-order valence-electron chi connectivity index (χ4n) is 2.88. The second-order valence-electron chi connectivity index (χ2n) is 8.67. The Morgan fingerprint density at radius 1 is 0.861 bits per heavy atom. The number of benzene rings is 1. The summed E-state index contributed by atoms with van der Waals surface area (Å²) in [6.07, 6.45) is -0.735. The van der Waals surface area contributed by atoms with Gasteiger partial charge in [0.05, 0.1) is 5.91 Å². The number of carbonyl (C=O) groups is 5. The van der Waals surface area contributed by atoms with Crippen LogP contribution < -0.4 is 10.1 Å². The average molecular weight is 551 g/mol. The van der Waals surface area contributed by atoms with Crippen molar-refractivity contribution < 1.29 is 59.4 Å². The Bertz CT molecular complexity index is 899. The average Bonchev–Trinajstić information content (AvgIpc) is 2.73. The van der Waals surface area contributed by atoms with Gasteiger partial charge in [-0.15, -0.1) is 0 Å². The Labute approximate surface area is 221 Å². The van der Waals surface area contributed by atoms with Gasteiger partial charge in [-0.05, 0) is 25.0 Å². The van der Waals surface area contributed by atoms with Crippen molar-refractivity contribution in [3.05, 3.63) is 36.2 Å². The zero-order valence-electron chi connectivity index (χ0n) is 21.5. The fraction of sp³-hybridized carbons (Fsp3) is 0.520. The van der Waals surface area contributed by atoms with Crippen LogP contribution in [0.4, 0.5) is 0 Å². The predicted molar refractivity (Wildman–Crippen MR) is 125 cm³/mol. The minimum absolute atomic E-state index is 0. The van der Waals surface area contributed by atoms with E-state index in [9.17, 15) is 24.0 Å². The van der Waals surface area contributed by atoms with E-state index in [4.69, 9.17) is 18.9 Å². The Balaban J connectivity index is 0.0000122. The number of esters is 4. The van der Waals surface area contributed by atoms with E-state index in [0.717, 1.165) is 6.92 Å². The molecule has 0 aromatic heterocycles. The Hall–Kier alpha value is -3.07. The third-order valence-corrected chi connectivity index (χ3v) is 4.42. The van der Waals surface area contributed by atoms with Crippen molar-refractivity contribution in [3.63, 3.8) is 0 Å². The van der Waals surface area contributed by atoms with Crippen molar-refractivity contribution in [1.29, 1.82) is 0 Å². The molecule has 0 saturated heterocycles. The molecule has 0 spiro atoms. The molecule has 0 fully saturated rings. The molecule has 204 valence electrons. The summed E-state index contributed by atoms with van der Waals surface area (Å²) in [6.45, 7) is 10.8. The number of carbonyl (C=O) groups excluding carboxylic acids is 5. The number of hydrogen-bond donors (Lipinski definition) is 1. The van der Waals surface area contributed by atoms with E-state index >= 15 is 0 Å². The molecular formula is C25H34NNiO9-. The Kier molecular flexibility index (Phi) is 14.5. The van der Waals surface area contributed by atoms with Gasteiger partial charge in [-0.2, -0.15) is 5.92 Å². The topological polar surface area (TPSA) is 134 Å². The van der Waals surface area contributed by atoms with Gasteiger partial charge in [0, 0.05) is 35.9 Å². The number of ether oxygens (including phenoxy) is 4. The van der Waals surface area contributed by atoms with E-state index in [1.165, 1.54) is 44.5 Å². The summed E-state index contributed by atoms with van der Waals surface area (Å²) in [5, 5.41) is 2.63. The van der Waals surface area contributed by atoms with Crippen LogP contribution in [0.2, 0.25) is 0 Å². The number of nitrogens with one attached hydrogen (secondary N) is 1. The zero-order valence-corrected chi connectivity index (χ0v) is 22.5. The summed E-state index contributed by atoms with van der Waals surface area (Å²) in [5.41, 5.74) is 0.301. The summed E-state index contributed by atoms with van der Waals surface area (Å²) < 4.78 is 20.6. The summed E-state index contributed by atoms with van der Waals surface area (Å²) >= 11 is 0. The van der Waals surface area contributed by atoms with Crippen molar-refractivity contribution in [2.75, 3.05) is 6.61 Å². The second kappa shape index (κ2) is 15.8. The van der Waals surface area contributed by atoms with Crippen molar-refractivity contribution in [1.82, 2.24) is 5.32 Å². The number of amides is 1. The molecule has 1 amide bonds. The smallest absolute Gasteiger partial charge is 0.352 e. The predicted octanol–water partition coefficient (Wildman–Crippen LogP) is 2.69. The van der Waals surface area contributed by atoms with Crippen LogP contribution in [0.3, 0.4) is 0 Å². The van der Waals surface area contributed by atoms with Gasteiger partial charge in [-0.25, -0.2) is 9.59 Å². The first-order valence-corrected chi connectivity index (χ1v) is 11.3. The molecule has 3 atom stereocenters. The maximum atomic E-state index is 12.6. The van der Waals surface area contributed by atoms with Gasteiger partial charge in [0.15, 0.2) is 0 Å². The largest absolute Gasteiger partial charge is 0.459 e. The van der Waals surface area contributed by atoms with Crippen LogP contribution in [0.25, 0.3) is 0 Å². The van der Waals surface area contributed by atoms with Crippen LogP contribution in [0.5, 0.6) is 5.75 Å². The molecule has 0 heterocycles. The van der Waals surface area contributed by atoms with E-state index in [1.54, 1.807) is 13.8 Å². The molecule has 0 saturated carbocycles. The zero-order chi connectivity index (χ0) is 26.7. The molecule has 0 aliphatic rings. The van der Waals surface area contributed by atoms with Crippen LogP contribution in [0, 0.1) is 18.3 Å². The standard InChI is InChI=1S/C25H34NO9.Ni/c1-14(2)12-21(29)26-22(15(3)4)24(30)33-16(5)13-32-25(31)23(35-18(7)28)19-8-10-20(11-9-19)34-17(6)27;/h8-12,14-16,22-23H,13H2,1-7H3,(H,26,29);/q-1;/t16?,22-,23?;/m0./s1.